The highest BCUT2D eigenvalue weighted by Gasteiger charge is 2.60. The first kappa shape index (κ1) is 28.1. The van der Waals surface area contributed by atoms with Gasteiger partial charge < -0.3 is 14.5 Å². The number of carbonyl (C=O) groups is 1. The second kappa shape index (κ2) is 11.0. The van der Waals surface area contributed by atoms with Crippen LogP contribution in [-0.2, 0) is 9.53 Å². The lowest BCUT2D eigenvalue weighted by molar-refractivity contribution is -0.205. The topological polar surface area (TPSA) is 60.1 Å². The number of amides is 1. The van der Waals surface area contributed by atoms with Gasteiger partial charge in [-0.1, -0.05) is 12.8 Å². The lowest BCUT2D eigenvalue weighted by Crippen LogP contribution is -2.63. The zero-order valence-electron chi connectivity index (χ0n) is 23.1. The zero-order valence-corrected chi connectivity index (χ0v) is 23.1. The van der Waals surface area contributed by atoms with Crippen LogP contribution in [0.25, 0.3) is 0 Å². The first-order valence-electron chi connectivity index (χ1n) is 15.2. The predicted molar refractivity (Wildman–Crippen MR) is 138 cm³/mol. The van der Waals surface area contributed by atoms with Crippen molar-refractivity contribution in [3.05, 3.63) is 0 Å². The van der Waals surface area contributed by atoms with E-state index in [-0.39, 0.29) is 36.8 Å². The SMILES string of the molecule is CN1CNNC1[C@@H](F)C1(C2CCCC(N3CC4C(CC(CN5CCCCC5)CC4C(F)(F)F)C3=O)C2)COC1. The Hall–Kier alpha value is -1.01. The summed E-state index contributed by atoms with van der Waals surface area (Å²) in [5.74, 6) is -2.76. The molecule has 39 heavy (non-hydrogen) atoms. The maximum atomic E-state index is 16.1. The third kappa shape index (κ3) is 5.24. The summed E-state index contributed by atoms with van der Waals surface area (Å²) in [5, 5.41) is 0. The van der Waals surface area contributed by atoms with E-state index < -0.39 is 41.7 Å². The molecule has 6 rings (SSSR count). The van der Waals surface area contributed by atoms with Gasteiger partial charge >= 0.3 is 6.18 Å². The predicted octanol–water partition coefficient (Wildman–Crippen LogP) is 3.37. The highest BCUT2D eigenvalue weighted by atomic mass is 19.4. The van der Waals surface area contributed by atoms with E-state index in [0.717, 1.165) is 45.2 Å². The fourth-order valence-electron chi connectivity index (χ4n) is 8.90. The van der Waals surface area contributed by atoms with Gasteiger partial charge in [0, 0.05) is 25.0 Å². The molecule has 11 heteroatoms. The van der Waals surface area contributed by atoms with Crippen molar-refractivity contribution in [3.8, 4) is 0 Å². The van der Waals surface area contributed by atoms with E-state index in [0.29, 0.717) is 39.3 Å². The van der Waals surface area contributed by atoms with Crippen LogP contribution in [0.4, 0.5) is 17.6 Å². The molecule has 8 atom stereocenters. The van der Waals surface area contributed by atoms with E-state index in [4.69, 9.17) is 4.74 Å². The van der Waals surface area contributed by atoms with Crippen LogP contribution in [0, 0.1) is 35.0 Å². The molecule has 0 aromatic heterocycles. The first-order valence-corrected chi connectivity index (χ1v) is 15.2. The average Bonchev–Trinajstić information content (AvgIpc) is 3.46. The Bertz CT molecular complexity index is 883. The lowest BCUT2D eigenvalue weighted by atomic mass is 9.63. The lowest BCUT2D eigenvalue weighted by Gasteiger charge is -2.53. The maximum Gasteiger partial charge on any atom is 0.392 e. The molecular formula is C28H45F4N5O2. The number of nitrogens with one attached hydrogen (secondary N) is 2. The fourth-order valence-corrected chi connectivity index (χ4v) is 8.90. The zero-order chi connectivity index (χ0) is 27.4. The summed E-state index contributed by atoms with van der Waals surface area (Å²) in [4.78, 5) is 19.8. The number of hydrazine groups is 1. The largest absolute Gasteiger partial charge is 0.392 e. The standard InChI is InChI=1S/C28H45F4N5O2/c1-35-17-33-34-25(35)24(29)27(15-39-16-27)19-6-5-7-20(12-19)37-14-22-21(26(37)38)10-18(11-23(22)28(30,31)32)13-36-8-3-2-4-9-36/h18-25,33-34H,2-17H2,1H3/t18?,19?,20?,21?,22?,23?,24-,25?/m1/s1. The molecule has 7 unspecified atom stereocenters. The second-order valence-electron chi connectivity index (χ2n) is 13.4. The van der Waals surface area contributed by atoms with Crippen LogP contribution in [0.15, 0.2) is 0 Å². The van der Waals surface area contributed by atoms with E-state index in [1.54, 1.807) is 4.90 Å². The Kier molecular flexibility index (Phi) is 7.93. The van der Waals surface area contributed by atoms with E-state index in [9.17, 15) is 18.0 Å². The number of rotatable bonds is 6. The van der Waals surface area contributed by atoms with Crippen LogP contribution < -0.4 is 10.9 Å². The van der Waals surface area contributed by atoms with Crippen molar-refractivity contribution < 1.29 is 27.1 Å². The molecule has 0 aromatic carbocycles. The summed E-state index contributed by atoms with van der Waals surface area (Å²) in [6.45, 7) is 4.03. The van der Waals surface area contributed by atoms with Crippen LogP contribution in [0.1, 0.15) is 57.8 Å². The Morgan fingerprint density at radius 3 is 2.49 bits per heavy atom. The van der Waals surface area contributed by atoms with Crippen molar-refractivity contribution in [1.29, 1.82) is 0 Å². The Balaban J connectivity index is 1.16. The van der Waals surface area contributed by atoms with Gasteiger partial charge in [0.2, 0.25) is 5.91 Å². The third-order valence-corrected chi connectivity index (χ3v) is 11.1. The molecule has 0 aromatic rings. The number of halogens is 4. The van der Waals surface area contributed by atoms with Gasteiger partial charge in [0.1, 0.15) is 12.3 Å². The van der Waals surface area contributed by atoms with E-state index in [1.807, 2.05) is 11.9 Å². The molecule has 2 aliphatic carbocycles. The number of nitrogens with zero attached hydrogens (tertiary/aromatic N) is 3. The minimum absolute atomic E-state index is 0.0384. The molecular weight excluding hydrogens is 514 g/mol. The molecule has 4 saturated heterocycles. The van der Waals surface area contributed by atoms with Gasteiger partial charge in [-0.2, -0.15) is 13.2 Å². The molecule has 1 amide bonds. The molecule has 4 aliphatic heterocycles. The van der Waals surface area contributed by atoms with Crippen LogP contribution in [-0.4, -0.2) is 98.3 Å². The molecule has 7 nitrogen and oxygen atoms in total. The first-order chi connectivity index (χ1) is 18.7. The molecule has 2 N–H and O–H groups in total. The molecule has 0 radical (unpaired) electrons. The van der Waals surface area contributed by atoms with E-state index in [2.05, 4.69) is 15.8 Å². The monoisotopic (exact) mass is 559 g/mol. The van der Waals surface area contributed by atoms with Crippen molar-refractivity contribution in [1.82, 2.24) is 25.6 Å². The summed E-state index contributed by atoms with van der Waals surface area (Å²) in [6, 6.07) is -0.117. The summed E-state index contributed by atoms with van der Waals surface area (Å²) in [6.07, 6.45) is 1.36. The normalized spacial score (nSPS) is 40.9. The van der Waals surface area contributed by atoms with Crippen molar-refractivity contribution in [2.75, 3.05) is 53.1 Å². The molecule has 6 fully saturated rings. The molecule has 222 valence electrons. The van der Waals surface area contributed by atoms with Gasteiger partial charge in [0.25, 0.3) is 0 Å². The van der Waals surface area contributed by atoms with Crippen LogP contribution in [0.5, 0.6) is 0 Å². The van der Waals surface area contributed by atoms with Crippen molar-refractivity contribution in [2.45, 2.75) is 82.3 Å². The van der Waals surface area contributed by atoms with Crippen molar-refractivity contribution in [3.63, 3.8) is 0 Å². The highest BCUT2D eigenvalue weighted by molar-refractivity contribution is 5.82. The van der Waals surface area contributed by atoms with Gasteiger partial charge in [-0.3, -0.25) is 9.69 Å². The van der Waals surface area contributed by atoms with E-state index >= 15 is 4.39 Å². The van der Waals surface area contributed by atoms with Crippen LogP contribution >= 0.6 is 0 Å². The van der Waals surface area contributed by atoms with Crippen LogP contribution in [0.3, 0.4) is 0 Å². The second-order valence-corrected chi connectivity index (χ2v) is 13.4. The maximum absolute atomic E-state index is 16.1. The number of piperidine rings is 1. The van der Waals surface area contributed by atoms with Gasteiger partial charge in [-0.25, -0.2) is 15.2 Å². The number of hydrogen-bond donors (Lipinski definition) is 2. The minimum Gasteiger partial charge on any atom is -0.380 e. The Labute approximate surface area is 229 Å². The smallest absolute Gasteiger partial charge is 0.380 e. The number of hydrogen-bond acceptors (Lipinski definition) is 6. The summed E-state index contributed by atoms with van der Waals surface area (Å²) in [5.41, 5.74) is 5.43. The van der Waals surface area contributed by atoms with Gasteiger partial charge in [-0.05, 0) is 82.8 Å². The van der Waals surface area contributed by atoms with E-state index in [1.165, 1.54) is 6.42 Å². The number of ether oxygens (including phenoxy) is 1. The summed E-state index contributed by atoms with van der Waals surface area (Å²) < 4.78 is 64.7. The Morgan fingerprint density at radius 1 is 1.08 bits per heavy atom. The van der Waals surface area contributed by atoms with Crippen molar-refractivity contribution in [2.24, 2.45) is 35.0 Å². The Morgan fingerprint density at radius 2 is 1.85 bits per heavy atom. The molecule has 0 spiro atoms. The molecule has 6 aliphatic rings. The third-order valence-electron chi connectivity index (χ3n) is 11.1. The average molecular weight is 560 g/mol. The quantitative estimate of drug-likeness (QED) is 0.487. The number of fused-ring (bicyclic) bond motifs is 1. The number of carbonyl (C=O) groups excluding carboxylic acids is 1. The molecule has 4 heterocycles. The van der Waals surface area contributed by atoms with Gasteiger partial charge in [-0.15, -0.1) is 0 Å². The molecule has 2 saturated carbocycles. The fraction of sp³-hybridized carbons (Fsp3) is 0.964. The number of alkyl halides is 4. The number of likely N-dealkylation sites (tertiary alicyclic amines) is 2. The summed E-state index contributed by atoms with van der Waals surface area (Å²) >= 11 is 0. The van der Waals surface area contributed by atoms with Crippen molar-refractivity contribution >= 4 is 5.91 Å². The molecule has 0 bridgehead atoms. The van der Waals surface area contributed by atoms with Gasteiger partial charge in [0.05, 0.1) is 31.2 Å². The minimum atomic E-state index is -4.29. The van der Waals surface area contributed by atoms with Gasteiger partial charge in [0.15, 0.2) is 0 Å². The summed E-state index contributed by atoms with van der Waals surface area (Å²) in [7, 11) is 1.88. The highest BCUT2D eigenvalue weighted by Crippen LogP contribution is 2.53. The van der Waals surface area contributed by atoms with Crippen LogP contribution in [0.2, 0.25) is 0 Å².